The number of thiophene rings is 1. The minimum Gasteiger partial charge on any atom is -0.488 e. The predicted octanol–water partition coefficient (Wildman–Crippen LogP) is 3.67. The fourth-order valence-corrected chi connectivity index (χ4v) is 7.26. The molecule has 3 atom stereocenters. The zero-order valence-electron chi connectivity index (χ0n) is 23.3. The largest absolute Gasteiger partial charge is 0.488 e. The highest BCUT2D eigenvalue weighted by molar-refractivity contribution is 7.94. The summed E-state index contributed by atoms with van der Waals surface area (Å²) in [4.78, 5) is 29.7. The van der Waals surface area contributed by atoms with Crippen LogP contribution in [0.25, 0.3) is 0 Å². The first-order valence-corrected chi connectivity index (χ1v) is 16.2. The van der Waals surface area contributed by atoms with Crippen molar-refractivity contribution in [3.63, 3.8) is 0 Å². The summed E-state index contributed by atoms with van der Waals surface area (Å²) in [6.07, 6.45) is 4.93. The van der Waals surface area contributed by atoms with Crippen molar-refractivity contribution >= 4 is 39.0 Å². The zero-order valence-corrected chi connectivity index (χ0v) is 25.0. The number of sulfonamides is 1. The first-order valence-electron chi connectivity index (χ1n) is 13.8. The molecule has 2 heterocycles. The minimum absolute atomic E-state index is 0.0221. The lowest BCUT2D eigenvalue weighted by atomic mass is 9.96. The third-order valence-electron chi connectivity index (χ3n) is 7.66. The second-order valence-electron chi connectivity index (χ2n) is 10.9. The number of nitrogens with zero attached hydrogens (tertiary/aromatic N) is 2. The van der Waals surface area contributed by atoms with Crippen LogP contribution in [0.15, 0.2) is 39.9 Å². The van der Waals surface area contributed by atoms with Crippen molar-refractivity contribution in [3.8, 4) is 5.75 Å². The van der Waals surface area contributed by atoms with Crippen LogP contribution in [-0.2, 0) is 21.2 Å². The Hall–Kier alpha value is -2.83. The van der Waals surface area contributed by atoms with Gasteiger partial charge in [0.05, 0.1) is 25.6 Å². The summed E-state index contributed by atoms with van der Waals surface area (Å²) >= 11 is 1.12. The summed E-state index contributed by atoms with van der Waals surface area (Å²) in [6, 6.07) is 7.70. The molecule has 0 unspecified atom stereocenters. The average Bonchev–Trinajstić information content (AvgIpc) is 3.49. The lowest BCUT2D eigenvalue weighted by Crippen LogP contribution is -2.50. The normalized spacial score (nSPS) is 21.3. The van der Waals surface area contributed by atoms with E-state index in [2.05, 4.69) is 10.0 Å². The number of anilines is 1. The monoisotopic (exact) mass is 592 g/mol. The quantitative estimate of drug-likeness (QED) is 0.429. The number of aliphatic hydroxyl groups is 1. The fraction of sp³-hybridized carbons (Fsp3) is 0.571. The van der Waals surface area contributed by atoms with Crippen LogP contribution in [0.4, 0.5) is 10.5 Å². The molecular formula is C28H40N4O6S2. The van der Waals surface area contributed by atoms with E-state index in [0.717, 1.165) is 37.0 Å². The molecule has 0 saturated heterocycles. The van der Waals surface area contributed by atoms with Crippen molar-refractivity contribution in [1.29, 1.82) is 0 Å². The number of likely N-dealkylation sites (N-methyl/N-ethyl adjacent to an activating group) is 1. The van der Waals surface area contributed by atoms with Crippen LogP contribution >= 0.6 is 11.3 Å². The van der Waals surface area contributed by atoms with Crippen molar-refractivity contribution in [2.45, 2.75) is 74.8 Å². The van der Waals surface area contributed by atoms with E-state index >= 15 is 0 Å². The molecule has 40 heavy (non-hydrogen) atoms. The highest BCUT2D eigenvalue weighted by Gasteiger charge is 2.32. The van der Waals surface area contributed by atoms with Crippen LogP contribution in [0, 0.1) is 5.92 Å². The van der Waals surface area contributed by atoms with Crippen molar-refractivity contribution in [2.75, 3.05) is 31.5 Å². The van der Waals surface area contributed by atoms with E-state index in [1.165, 1.54) is 12.5 Å². The number of ether oxygens (including phenoxy) is 1. The smallest absolute Gasteiger partial charge is 0.317 e. The molecule has 1 aliphatic heterocycles. The van der Waals surface area contributed by atoms with Crippen molar-refractivity contribution in [2.24, 2.45) is 5.92 Å². The van der Waals surface area contributed by atoms with Crippen LogP contribution in [0.2, 0.25) is 0 Å². The van der Waals surface area contributed by atoms with Gasteiger partial charge in [-0.1, -0.05) is 32.3 Å². The molecule has 12 heteroatoms. The molecule has 10 nitrogen and oxygen atoms in total. The lowest BCUT2D eigenvalue weighted by Gasteiger charge is -2.34. The minimum atomic E-state index is -3.77. The van der Waals surface area contributed by atoms with Gasteiger partial charge in [-0.05, 0) is 49.4 Å². The van der Waals surface area contributed by atoms with Crippen LogP contribution in [-0.4, -0.2) is 80.2 Å². The Morgan fingerprint density at radius 3 is 2.67 bits per heavy atom. The van der Waals surface area contributed by atoms with Crippen molar-refractivity contribution in [3.05, 3.63) is 41.3 Å². The molecule has 220 valence electrons. The van der Waals surface area contributed by atoms with E-state index in [1.807, 2.05) is 6.92 Å². The second-order valence-corrected chi connectivity index (χ2v) is 13.8. The van der Waals surface area contributed by atoms with E-state index in [1.54, 1.807) is 53.4 Å². The maximum atomic E-state index is 13.4. The summed E-state index contributed by atoms with van der Waals surface area (Å²) in [5.41, 5.74) is 0.845. The van der Waals surface area contributed by atoms with E-state index in [9.17, 15) is 23.1 Å². The molecule has 1 saturated carbocycles. The number of nitrogens with one attached hydrogen (secondary N) is 2. The molecule has 1 fully saturated rings. The van der Waals surface area contributed by atoms with Crippen LogP contribution < -0.4 is 14.8 Å². The number of carbonyl (C=O) groups excluding carboxylic acids is 2. The van der Waals surface area contributed by atoms with Gasteiger partial charge in [0.2, 0.25) is 5.91 Å². The molecule has 3 amide bonds. The number of rotatable bonds is 8. The number of urea groups is 1. The molecule has 3 N–H and O–H groups in total. The van der Waals surface area contributed by atoms with Gasteiger partial charge in [-0.15, -0.1) is 11.3 Å². The summed E-state index contributed by atoms with van der Waals surface area (Å²) in [5, 5.41) is 14.7. The van der Waals surface area contributed by atoms with Gasteiger partial charge in [-0.25, -0.2) is 13.2 Å². The Kier molecular flexibility index (Phi) is 9.96. The summed E-state index contributed by atoms with van der Waals surface area (Å²) in [5.74, 6) is 0.107. The summed E-state index contributed by atoms with van der Waals surface area (Å²) in [6.45, 7) is 4.20. The zero-order chi connectivity index (χ0) is 28.9. The van der Waals surface area contributed by atoms with Crippen molar-refractivity contribution in [1.82, 2.24) is 15.1 Å². The number of hydrogen-bond donors (Lipinski definition) is 3. The Morgan fingerprint density at radius 1 is 1.25 bits per heavy atom. The highest BCUT2D eigenvalue weighted by atomic mass is 32.2. The Bertz CT molecular complexity index is 1260. The molecule has 0 radical (unpaired) electrons. The van der Waals surface area contributed by atoms with Gasteiger partial charge in [0.15, 0.2) is 0 Å². The topological polar surface area (TPSA) is 128 Å². The van der Waals surface area contributed by atoms with Crippen molar-refractivity contribution < 1.29 is 27.9 Å². The number of hydrogen-bond acceptors (Lipinski definition) is 7. The number of carbonyl (C=O) groups is 2. The Labute approximate surface area is 240 Å². The molecule has 4 rings (SSSR count). The molecule has 1 aromatic heterocycles. The first kappa shape index (κ1) is 30.1. The first-order chi connectivity index (χ1) is 19.1. The average molecular weight is 593 g/mol. The van der Waals surface area contributed by atoms with Crippen LogP contribution in [0.1, 0.15) is 51.5 Å². The Balaban J connectivity index is 1.58. The molecule has 1 aliphatic carbocycles. The molecule has 2 aliphatic rings. The second kappa shape index (κ2) is 13.2. The van der Waals surface area contributed by atoms with Gasteiger partial charge in [0.25, 0.3) is 10.0 Å². The molecule has 0 bridgehead atoms. The van der Waals surface area contributed by atoms with Crippen LogP contribution in [0.3, 0.4) is 0 Å². The number of amides is 3. The van der Waals surface area contributed by atoms with Gasteiger partial charge in [-0.3, -0.25) is 9.52 Å². The number of benzene rings is 1. The van der Waals surface area contributed by atoms with Gasteiger partial charge in [0.1, 0.15) is 16.1 Å². The predicted molar refractivity (Wildman–Crippen MR) is 155 cm³/mol. The van der Waals surface area contributed by atoms with Gasteiger partial charge < -0.3 is 25.0 Å². The highest BCUT2D eigenvalue weighted by Crippen LogP contribution is 2.30. The van der Waals surface area contributed by atoms with E-state index in [-0.39, 0.29) is 41.1 Å². The van der Waals surface area contributed by atoms with E-state index in [4.69, 9.17) is 4.74 Å². The molecular weight excluding hydrogens is 552 g/mol. The third-order valence-corrected chi connectivity index (χ3v) is 10.4. The standard InChI is InChI=1S/C28H40N4O6S2/c1-19-16-32(20(2)18-33)26(34)15-21-14-23(30-40(36,37)27-10-7-13-39-27)11-12-24(21)38-25(19)17-31(3)28(35)29-22-8-5-4-6-9-22/h7,10-14,19-20,22,25,30,33H,4-6,8-9,15-18H2,1-3H3,(H,29,35)/t19-,20+,25+/m0/s1. The van der Waals surface area contributed by atoms with Gasteiger partial charge >= 0.3 is 6.03 Å². The Morgan fingerprint density at radius 2 is 2.00 bits per heavy atom. The molecule has 2 aromatic rings. The molecule has 1 aromatic carbocycles. The SMILES string of the molecule is C[C@H](CO)N1C[C@H](C)[C@@H](CN(C)C(=O)NC2CCCCC2)Oc2ccc(NS(=O)(=O)c3cccs3)cc2CC1=O. The van der Waals surface area contributed by atoms with Gasteiger partial charge in [-0.2, -0.15) is 0 Å². The van der Waals surface area contributed by atoms with E-state index in [0.29, 0.717) is 30.1 Å². The summed E-state index contributed by atoms with van der Waals surface area (Å²) < 4.78 is 34.8. The third kappa shape index (κ3) is 7.46. The number of fused-ring (bicyclic) bond motifs is 1. The van der Waals surface area contributed by atoms with Gasteiger partial charge in [0, 0.05) is 36.8 Å². The molecule has 0 spiro atoms. The fourth-order valence-electron chi connectivity index (χ4n) is 5.22. The lowest BCUT2D eigenvalue weighted by molar-refractivity contribution is -0.134. The maximum absolute atomic E-state index is 13.4. The van der Waals surface area contributed by atoms with Crippen LogP contribution in [0.5, 0.6) is 5.75 Å². The summed E-state index contributed by atoms with van der Waals surface area (Å²) in [7, 11) is -2.03. The number of aliphatic hydroxyl groups excluding tert-OH is 1. The maximum Gasteiger partial charge on any atom is 0.317 e. The van der Waals surface area contributed by atoms with E-state index < -0.39 is 22.2 Å².